The number of amides is 6. The molecule has 2 fully saturated rings. The molecule has 5 heterocycles. The summed E-state index contributed by atoms with van der Waals surface area (Å²) in [5, 5.41) is 12.4. The molecule has 14 heteroatoms. The summed E-state index contributed by atoms with van der Waals surface area (Å²) in [5.74, 6) is -3.31. The fourth-order valence-electron chi connectivity index (χ4n) is 10.2. The van der Waals surface area contributed by atoms with Crippen LogP contribution in [0.25, 0.3) is 10.9 Å². The van der Waals surface area contributed by atoms with Gasteiger partial charge in [-0.2, -0.15) is 0 Å². The van der Waals surface area contributed by atoms with Crippen LogP contribution in [-0.2, 0) is 53.6 Å². The number of benzene rings is 4. The van der Waals surface area contributed by atoms with Gasteiger partial charge in [-0.15, -0.1) is 0 Å². The molecule has 5 aromatic rings. The summed E-state index contributed by atoms with van der Waals surface area (Å²) in [6.45, 7) is 5.26. The van der Waals surface area contributed by atoms with E-state index in [0.717, 1.165) is 27.6 Å². The van der Waals surface area contributed by atoms with E-state index < -0.39 is 77.5 Å². The number of nitrogens with two attached hydrogens (primary N) is 1. The summed E-state index contributed by atoms with van der Waals surface area (Å²) in [7, 11) is 0. The van der Waals surface area contributed by atoms with Gasteiger partial charge in [0.15, 0.2) is 0 Å². The number of nitrogens with one attached hydrogen (secondary N) is 4. The van der Waals surface area contributed by atoms with Gasteiger partial charge >= 0.3 is 0 Å². The fraction of sp³-hybridized carbons (Fsp3) is 0.347. The van der Waals surface area contributed by atoms with Crippen LogP contribution in [0.15, 0.2) is 115 Å². The zero-order chi connectivity index (χ0) is 44.2. The Morgan fingerprint density at radius 1 is 0.810 bits per heavy atom. The lowest BCUT2D eigenvalue weighted by atomic mass is 9.78. The van der Waals surface area contributed by atoms with Gasteiger partial charge in [-0.3, -0.25) is 33.7 Å². The molecule has 4 aliphatic heterocycles. The van der Waals surface area contributed by atoms with E-state index in [1.54, 1.807) is 9.80 Å². The molecule has 0 unspecified atom stereocenters. The molecule has 324 valence electrons. The fourth-order valence-corrected chi connectivity index (χ4v) is 10.2. The van der Waals surface area contributed by atoms with Crippen LogP contribution in [0.4, 0.5) is 5.69 Å². The lowest BCUT2D eigenvalue weighted by molar-refractivity contribution is -0.147. The van der Waals surface area contributed by atoms with Crippen molar-refractivity contribution < 1.29 is 28.8 Å². The second-order valence-electron chi connectivity index (χ2n) is 17.4. The maximum Gasteiger partial charge on any atom is 0.252 e. The highest BCUT2D eigenvalue weighted by atomic mass is 16.2. The summed E-state index contributed by atoms with van der Waals surface area (Å²) >= 11 is 0. The van der Waals surface area contributed by atoms with Crippen molar-refractivity contribution in [1.29, 1.82) is 0 Å². The van der Waals surface area contributed by atoms with Crippen LogP contribution in [0.5, 0.6) is 0 Å². The van der Waals surface area contributed by atoms with E-state index in [2.05, 4.69) is 25.8 Å². The molecule has 6 N–H and O–H groups in total. The van der Waals surface area contributed by atoms with Crippen LogP contribution in [0.3, 0.4) is 0 Å². The second kappa shape index (κ2) is 16.5. The third-order valence-electron chi connectivity index (χ3n) is 13.5. The third-order valence-corrected chi connectivity index (χ3v) is 13.5. The van der Waals surface area contributed by atoms with Crippen molar-refractivity contribution in [3.63, 3.8) is 0 Å². The third kappa shape index (κ3) is 7.11. The highest BCUT2D eigenvalue weighted by Gasteiger charge is 2.68. The first-order valence-corrected chi connectivity index (χ1v) is 21.8. The zero-order valence-corrected chi connectivity index (χ0v) is 35.5. The molecule has 4 aromatic carbocycles. The number of hydrogen-bond donors (Lipinski definition) is 5. The molecular weight excluding hydrogens is 797 g/mol. The monoisotopic (exact) mass is 848 g/mol. The predicted molar refractivity (Wildman–Crippen MR) is 237 cm³/mol. The number of para-hydroxylation sites is 2. The number of carbonyl (C=O) groups is 6. The average Bonchev–Trinajstić information content (AvgIpc) is 3.91. The SMILES string of the molecule is CC[C@H](C)[C@@H]1NC(=O)[C@H](C)NC(=O)[C@@H](NC(=O)[C@@H](N)Cc2ccccc2)Cc2cn(c3ccccc23)[C@@]23C[C@H](NC1=O)C(=O)N1[C@@H](Cc4ccccc4)C(=O)N(c4ccccc42)[C@@H]13. The van der Waals surface area contributed by atoms with Crippen LogP contribution in [-0.4, -0.2) is 87.3 Å². The van der Waals surface area contributed by atoms with Crippen molar-refractivity contribution in [2.75, 3.05) is 4.90 Å². The van der Waals surface area contributed by atoms with Crippen LogP contribution in [0, 0.1) is 5.92 Å². The molecule has 9 rings (SSSR count). The highest BCUT2D eigenvalue weighted by molar-refractivity contribution is 6.08. The Morgan fingerprint density at radius 3 is 2.21 bits per heavy atom. The maximum atomic E-state index is 15.2. The maximum absolute atomic E-state index is 15.2. The van der Waals surface area contributed by atoms with E-state index in [9.17, 15) is 24.0 Å². The Hall–Kier alpha value is -6.80. The van der Waals surface area contributed by atoms with Gasteiger partial charge in [0.2, 0.25) is 29.5 Å². The van der Waals surface area contributed by atoms with Gasteiger partial charge in [0.25, 0.3) is 5.91 Å². The van der Waals surface area contributed by atoms with Crippen molar-refractivity contribution >= 4 is 52.0 Å². The molecule has 1 aromatic heterocycles. The van der Waals surface area contributed by atoms with Crippen LogP contribution in [0.1, 0.15) is 55.9 Å². The zero-order valence-electron chi connectivity index (χ0n) is 35.5. The van der Waals surface area contributed by atoms with Gasteiger partial charge < -0.3 is 36.5 Å². The van der Waals surface area contributed by atoms with E-state index in [4.69, 9.17) is 5.73 Å². The summed E-state index contributed by atoms with van der Waals surface area (Å²) in [5.41, 5.74) is 9.97. The van der Waals surface area contributed by atoms with Gasteiger partial charge in [0.1, 0.15) is 41.9 Å². The van der Waals surface area contributed by atoms with E-state index in [1.165, 1.54) is 6.92 Å². The molecular formula is C49H52N8O6. The second-order valence-corrected chi connectivity index (χ2v) is 17.4. The standard InChI is InChI=1S/C49H52N8O6/c1-4-28(2)41-45(61)53-37-26-49(34-20-12-14-22-39(34)56-47(63)40(57(46(37)62)48(49)56)24-31-17-9-6-10-18-31)55-27-32(33-19-11-13-21-38(33)55)25-36(44(60)51-29(3)42(58)54-41)52-43(59)35(50)23-30-15-7-5-8-16-30/h5-22,27-29,35-37,40-41,48H,4,23-26,50H2,1-3H3,(H,51,60)(H,52,59)(H,53,61)(H,54,58)/t28-,29-,35-,36-,37-,40-,41-,48-,49-/m0/s1. The normalized spacial score (nSPS) is 26.6. The quantitative estimate of drug-likeness (QED) is 0.159. The number of rotatable bonds is 8. The van der Waals surface area contributed by atoms with Gasteiger partial charge in [-0.25, -0.2) is 0 Å². The van der Waals surface area contributed by atoms with Crippen molar-refractivity contribution in [1.82, 2.24) is 30.7 Å². The Bertz CT molecular complexity index is 2620. The van der Waals surface area contributed by atoms with Crippen molar-refractivity contribution in [2.24, 2.45) is 11.7 Å². The molecule has 9 atom stereocenters. The number of nitrogens with zero attached hydrogens (tertiary/aromatic N) is 3. The molecule has 0 radical (unpaired) electrons. The molecule has 1 spiro atoms. The molecule has 2 saturated heterocycles. The van der Waals surface area contributed by atoms with Gasteiger partial charge in [-0.1, -0.05) is 117 Å². The van der Waals surface area contributed by atoms with Gasteiger partial charge in [-0.05, 0) is 48.1 Å². The van der Waals surface area contributed by atoms with Crippen LogP contribution >= 0.6 is 0 Å². The number of hydrogen-bond acceptors (Lipinski definition) is 7. The molecule has 0 saturated carbocycles. The van der Waals surface area contributed by atoms with E-state index in [1.807, 2.05) is 129 Å². The predicted octanol–water partition coefficient (Wildman–Crippen LogP) is 3.05. The first kappa shape index (κ1) is 41.5. The molecule has 63 heavy (non-hydrogen) atoms. The number of fused-ring (bicyclic) bond motifs is 8. The van der Waals surface area contributed by atoms with Gasteiger partial charge in [0, 0.05) is 41.9 Å². The minimum atomic E-state index is -1.18. The van der Waals surface area contributed by atoms with Crippen molar-refractivity contribution in [2.45, 2.75) is 101 Å². The van der Waals surface area contributed by atoms with Gasteiger partial charge in [0.05, 0.1) is 11.7 Å². The number of anilines is 1. The summed E-state index contributed by atoms with van der Waals surface area (Å²) < 4.78 is 2.11. The minimum Gasteiger partial charge on any atom is -0.343 e. The van der Waals surface area contributed by atoms with E-state index in [0.29, 0.717) is 17.7 Å². The molecule has 4 bridgehead atoms. The first-order chi connectivity index (χ1) is 30.4. The summed E-state index contributed by atoms with van der Waals surface area (Å²) in [6.07, 6.45) is 2.22. The highest BCUT2D eigenvalue weighted by Crippen LogP contribution is 2.57. The lowest BCUT2D eigenvalue weighted by Gasteiger charge is -2.49. The Balaban J connectivity index is 1.22. The molecule has 4 aliphatic rings. The van der Waals surface area contributed by atoms with Crippen molar-refractivity contribution in [3.05, 3.63) is 138 Å². The molecule has 6 amide bonds. The Morgan fingerprint density at radius 2 is 1.48 bits per heavy atom. The topological polar surface area (TPSA) is 188 Å². The smallest absolute Gasteiger partial charge is 0.252 e. The first-order valence-electron chi connectivity index (χ1n) is 21.8. The van der Waals surface area contributed by atoms with E-state index >= 15 is 4.79 Å². The van der Waals surface area contributed by atoms with Crippen molar-refractivity contribution in [3.8, 4) is 0 Å². The summed E-state index contributed by atoms with van der Waals surface area (Å²) in [6, 6.07) is 27.9. The lowest BCUT2D eigenvalue weighted by Crippen LogP contribution is -2.68. The Labute approximate surface area is 365 Å². The summed E-state index contributed by atoms with van der Waals surface area (Å²) in [4.78, 5) is 90.5. The van der Waals surface area contributed by atoms with Crippen LogP contribution < -0.4 is 31.9 Å². The largest absolute Gasteiger partial charge is 0.343 e. The minimum absolute atomic E-state index is 0.0114. The Kier molecular flexibility index (Phi) is 10.9. The number of piperidine rings is 1. The average molecular weight is 849 g/mol. The number of aromatic nitrogens is 1. The molecule has 0 aliphatic carbocycles. The molecule has 14 nitrogen and oxygen atoms in total. The number of carbonyl (C=O) groups excluding carboxylic acids is 6. The van der Waals surface area contributed by atoms with E-state index in [-0.39, 0.29) is 37.5 Å². The van der Waals surface area contributed by atoms with Crippen LogP contribution in [0.2, 0.25) is 0 Å².